The zero-order valence-corrected chi connectivity index (χ0v) is 89.4. The SMILES string of the molecule is C=CC(=O)OC(C)(C)C.CC(C)(C)OC(=O)CBr.Cc1ccc2c(c1)NC(=O)CC2.Cc1cccc(-c2ccc3c(c2)N(CC(=O)O)C(=O)CC3)c1.Cc1cccc(-c2ccc3c(c2)N(CC(=O)OC(C)(C)C)C(=O)CC3)c1.Cc1cccc(-c2ccc3c(c2)N(CCC(=O)O)C(=O)CC3)c1.Cc1cccc(-c2ccc3c(c2)NC(=O)CC3)c1.Cc1cccc(B(O)O)c1.O=C1CCc2ccc(O)cc2N1.O=S(=O)(Cl)C(F)(F)F. The minimum Gasteiger partial charge on any atom is -0.508 e. The third kappa shape index (κ3) is 40.0. The Kier molecular flexibility index (Phi) is 44.3. The Bertz CT molecular complexity index is 6730. The number of fused-ring (bicyclic) bond motifs is 6. The average Bonchev–Trinajstić information content (AvgIpc) is 0.800. The molecule has 0 aromatic heterocycles. The summed E-state index contributed by atoms with van der Waals surface area (Å²) in [5.74, 6) is -2.58. The van der Waals surface area contributed by atoms with Gasteiger partial charge < -0.3 is 70.2 Å². The number of alkyl halides is 4. The van der Waals surface area contributed by atoms with Crippen LogP contribution in [0, 0.1) is 41.5 Å². The lowest BCUT2D eigenvalue weighted by atomic mass is 9.80. The summed E-state index contributed by atoms with van der Waals surface area (Å²) >= 11 is 2.99. The molecule has 6 heterocycles. The van der Waals surface area contributed by atoms with Gasteiger partial charge in [-0.05, 0) is 268 Å². The Morgan fingerprint density at radius 1 is 0.396 bits per heavy atom. The number of carbonyl (C=O) groups is 11. The third-order valence-electron chi connectivity index (χ3n) is 22.7. The number of benzene rings is 11. The van der Waals surface area contributed by atoms with Crippen LogP contribution in [0.15, 0.2) is 243 Å². The lowest BCUT2D eigenvalue weighted by molar-refractivity contribution is -0.154. The van der Waals surface area contributed by atoms with Gasteiger partial charge in [0.25, 0.3) is 0 Å². The number of nitrogens with one attached hydrogen (secondary N) is 3. The van der Waals surface area contributed by atoms with Crippen molar-refractivity contribution in [3.63, 3.8) is 0 Å². The number of halogens is 5. The first-order valence-electron chi connectivity index (χ1n) is 48.2. The predicted molar refractivity (Wildman–Crippen MR) is 582 cm³/mol. The van der Waals surface area contributed by atoms with E-state index in [2.05, 4.69) is 166 Å². The number of anilines is 6. The van der Waals surface area contributed by atoms with E-state index in [9.17, 15) is 74.3 Å². The first-order valence-corrected chi connectivity index (χ1v) is 51.6. The molecule has 0 atom stereocenters. The molecule has 0 saturated carbocycles. The number of carboxylic acids is 2. The van der Waals surface area contributed by atoms with Crippen LogP contribution in [0.5, 0.6) is 5.75 Å². The summed E-state index contributed by atoms with van der Waals surface area (Å²) in [6.45, 7) is 31.7. The van der Waals surface area contributed by atoms with Crippen LogP contribution in [0.25, 0.3) is 44.5 Å². The second-order valence-electron chi connectivity index (χ2n) is 38.8. The van der Waals surface area contributed by atoms with Crippen molar-refractivity contribution in [2.24, 2.45) is 0 Å². The quantitative estimate of drug-likeness (QED) is 0.0125. The van der Waals surface area contributed by atoms with E-state index in [0.29, 0.717) is 63.3 Å². The van der Waals surface area contributed by atoms with Crippen molar-refractivity contribution in [1.82, 2.24) is 0 Å². The van der Waals surface area contributed by atoms with E-state index in [4.69, 9.17) is 39.6 Å². The summed E-state index contributed by atoms with van der Waals surface area (Å²) in [6, 6.07) is 75.8. The number of rotatable bonds is 14. The predicted octanol–water partition coefficient (Wildman–Crippen LogP) is 21.4. The molecule has 6 aliphatic rings. The van der Waals surface area contributed by atoms with Gasteiger partial charge in [0.2, 0.25) is 35.4 Å². The van der Waals surface area contributed by atoms with Crippen LogP contribution in [0.3, 0.4) is 0 Å². The van der Waals surface area contributed by atoms with Crippen molar-refractivity contribution in [3.8, 4) is 50.3 Å². The fraction of sp³-hybridized carbons (Fsp3) is 0.313. The first-order chi connectivity index (χ1) is 69.9. The molecule has 0 spiro atoms. The maximum atomic E-state index is 12.5. The highest BCUT2D eigenvalue weighted by atomic mass is 79.9. The summed E-state index contributed by atoms with van der Waals surface area (Å²) in [5, 5.41) is 53.2. The van der Waals surface area contributed by atoms with Crippen LogP contribution in [0.1, 0.15) is 174 Å². The molecule has 0 aliphatic carbocycles. The normalized spacial score (nSPS) is 13.5. The first kappa shape index (κ1) is 120. The molecule has 11 aromatic rings. The largest absolute Gasteiger partial charge is 0.511 e. The number of hydrogen-bond acceptors (Lipinski definition) is 19. The van der Waals surface area contributed by atoms with Gasteiger partial charge in [-0.3, -0.25) is 47.9 Å². The van der Waals surface area contributed by atoms with Gasteiger partial charge in [-0.1, -0.05) is 238 Å². The second-order valence-corrected chi connectivity index (χ2v) is 41.9. The number of amides is 6. The molecule has 17 rings (SSSR count). The highest BCUT2D eigenvalue weighted by molar-refractivity contribution is 9.09. The summed E-state index contributed by atoms with van der Waals surface area (Å²) < 4.78 is 66.2. The molecule has 34 heteroatoms. The molecule has 0 radical (unpaired) electrons. The molecule has 6 aliphatic heterocycles. The van der Waals surface area contributed by atoms with Gasteiger partial charge in [0.05, 0.1) is 6.42 Å². The van der Waals surface area contributed by atoms with Crippen molar-refractivity contribution in [2.75, 3.05) is 55.6 Å². The summed E-state index contributed by atoms with van der Waals surface area (Å²) in [4.78, 5) is 130. The molecular weight excluding hydrogens is 2020 g/mol. The Labute approximate surface area is 881 Å². The van der Waals surface area contributed by atoms with Crippen LogP contribution in [-0.4, -0.2) is 153 Å². The average molecular weight is 2150 g/mol. The zero-order valence-electron chi connectivity index (χ0n) is 86.2. The Hall–Kier alpha value is -14.4. The highest BCUT2D eigenvalue weighted by Crippen LogP contribution is 2.39. The molecule has 27 nitrogen and oxygen atoms in total. The van der Waals surface area contributed by atoms with Crippen molar-refractivity contribution in [3.05, 3.63) is 310 Å². The number of phenolic OH excluding ortho intramolecular Hbond substituents is 1. The van der Waals surface area contributed by atoms with E-state index in [1.807, 2.05) is 187 Å². The van der Waals surface area contributed by atoms with Crippen LogP contribution >= 0.6 is 26.6 Å². The van der Waals surface area contributed by atoms with Gasteiger partial charge in [0.1, 0.15) is 41.0 Å². The third-order valence-corrected chi connectivity index (χ3v) is 24.2. The van der Waals surface area contributed by atoms with Gasteiger partial charge in [0, 0.05) is 102 Å². The van der Waals surface area contributed by atoms with E-state index in [0.717, 1.165) is 132 Å². The summed E-state index contributed by atoms with van der Waals surface area (Å²) in [6.07, 6.45) is 8.66. The molecule has 0 unspecified atom stereocenters. The number of ether oxygens (including phenoxy) is 3. The molecule has 788 valence electrons. The van der Waals surface area contributed by atoms with Crippen LogP contribution < -0.4 is 36.1 Å². The van der Waals surface area contributed by atoms with Crippen molar-refractivity contribution < 1.29 is 114 Å². The molecule has 0 bridgehead atoms. The van der Waals surface area contributed by atoms with Crippen molar-refractivity contribution >= 4 is 148 Å². The zero-order chi connectivity index (χ0) is 110. The molecule has 0 fully saturated rings. The fourth-order valence-corrected chi connectivity index (χ4v) is 15.9. The van der Waals surface area contributed by atoms with E-state index in [1.165, 1.54) is 43.8 Å². The van der Waals surface area contributed by atoms with Gasteiger partial charge in [-0.2, -0.15) is 13.2 Å². The standard InChI is InChI=1S/C22H25NO3.C19H19NO3.C18H17NO3.C16H15NO.C10H11NO.C9H9NO2.C7H9BO2.C7H12O2.C6H11BrO2.CClF3O2S/c1-15-6-5-7-17(12-15)18-9-8-16-10-11-20(24)23(19(16)13-18)14-21(25)26-22(2,3)4;1-13-3-2-4-15(11-13)16-6-5-14-7-8-18(21)20(17(14)12-16)10-9-19(22)23;1-12-3-2-4-14(9-12)15-6-5-13-7-8-17(20)19(11-18(21)22)16(13)10-15;1-11-3-2-4-13(9-11)14-6-5-12-7-8-16(18)17-15(12)10-14;1-7-2-3-8-4-5-10(12)11-9(8)6-7;11-7-3-1-6-2-4-9(12)10-8(6)5-7;1-6-3-2-4-7(5-6)8(9)10;1-5-6(8)9-7(2,3)4;1-6(2,3)9-5(8)4-7;2-8(6,7)1(3,4)5/h5-9,12-13H,10-11,14H2,1-4H3;2-6,11-12H,7-10H2,1H3,(H,22,23);2-6,9-10H,7-8,11H2,1H3,(H,21,22);2-6,9-10H,7-8H2,1H3,(H,17,18);2-3,6H,4-5H2,1H3,(H,11,12);1,3,5,11H,2,4H2,(H,10,12);2-5,9-10H,1H3;5H,1H2,2-4H3;4H2,1-3H3;. The van der Waals surface area contributed by atoms with E-state index < -0.39 is 44.8 Å². The molecule has 0 saturated heterocycles. The maximum Gasteiger partial charge on any atom is 0.511 e. The van der Waals surface area contributed by atoms with E-state index in [-0.39, 0.29) is 96.1 Å². The van der Waals surface area contributed by atoms with Gasteiger partial charge in [-0.15, -0.1) is 0 Å². The number of carbonyl (C=O) groups excluding carboxylic acids is 9. The molecule has 6 amide bonds. The molecule has 8 N–H and O–H groups in total. The maximum absolute atomic E-state index is 12.5. The summed E-state index contributed by atoms with van der Waals surface area (Å²) in [7, 11) is -2.86. The Morgan fingerprint density at radius 2 is 0.705 bits per heavy atom. The van der Waals surface area contributed by atoms with Crippen LogP contribution in [-0.2, 0) is 115 Å². The van der Waals surface area contributed by atoms with Crippen molar-refractivity contribution in [2.45, 2.75) is 210 Å². The number of nitrogens with zero attached hydrogens (tertiary/aromatic N) is 3. The van der Waals surface area contributed by atoms with Gasteiger partial charge in [0.15, 0.2) is 0 Å². The molecular formula is C115H128BBrClF3N6O21S. The number of aryl methyl sites for hydroxylation is 12. The monoisotopic (exact) mass is 2140 g/mol. The van der Waals surface area contributed by atoms with E-state index >= 15 is 0 Å². The Morgan fingerprint density at radius 3 is 1.03 bits per heavy atom. The number of aliphatic carboxylic acids is 2. The van der Waals surface area contributed by atoms with Crippen LogP contribution in [0.4, 0.5) is 47.3 Å². The lowest BCUT2D eigenvalue weighted by Gasteiger charge is -2.30. The molecule has 11 aromatic carbocycles. The smallest absolute Gasteiger partial charge is 0.508 e. The number of hydrogen-bond donors (Lipinski definition) is 8. The highest BCUT2D eigenvalue weighted by Gasteiger charge is 2.44. The Balaban J connectivity index is 0.000000207. The summed E-state index contributed by atoms with van der Waals surface area (Å²) in [5.41, 5.74) is 21.4. The fourth-order valence-electron chi connectivity index (χ4n) is 15.8. The van der Waals surface area contributed by atoms with Crippen molar-refractivity contribution in [1.29, 1.82) is 0 Å². The molecule has 149 heavy (non-hydrogen) atoms. The van der Waals surface area contributed by atoms with Gasteiger partial charge >= 0.3 is 51.5 Å². The number of phenols is 1. The van der Waals surface area contributed by atoms with Gasteiger partial charge in [-0.25, -0.2) is 13.2 Å². The second kappa shape index (κ2) is 55.1. The van der Waals surface area contributed by atoms with E-state index in [1.54, 1.807) is 40.1 Å². The number of esters is 3. The number of aromatic hydroxyl groups is 1. The van der Waals surface area contributed by atoms with Crippen LogP contribution in [0.2, 0.25) is 0 Å². The minimum atomic E-state index is -5.37. The number of carboxylic acid groups (broad SMARTS) is 2. The topological polar surface area (TPSA) is 397 Å². The minimum absolute atomic E-state index is 0.000132. The lowest BCUT2D eigenvalue weighted by Crippen LogP contribution is -2.41.